The van der Waals surface area contributed by atoms with Crippen molar-refractivity contribution in [2.24, 2.45) is 0 Å². The summed E-state index contributed by atoms with van der Waals surface area (Å²) in [6.07, 6.45) is 1.54. The van der Waals surface area contributed by atoms with Crippen LogP contribution < -0.4 is 16.0 Å². The highest BCUT2D eigenvalue weighted by Gasteiger charge is 2.14. The van der Waals surface area contributed by atoms with E-state index in [0.717, 1.165) is 0 Å². The van der Waals surface area contributed by atoms with Crippen LogP contribution in [0.4, 0.5) is 0 Å². The zero-order chi connectivity index (χ0) is 12.7. The Labute approximate surface area is 112 Å². The number of nitrogens with one attached hydrogen (secondary N) is 3. The number of carbonyl (C=O) groups excluding carboxylic acids is 2. The molecule has 0 spiro atoms. The molecular weight excluding hydrogens is 258 g/mol. The van der Waals surface area contributed by atoms with Crippen molar-refractivity contribution in [2.75, 3.05) is 13.6 Å². The molecule has 1 unspecified atom stereocenters. The van der Waals surface area contributed by atoms with Crippen molar-refractivity contribution in [3.63, 3.8) is 0 Å². The highest BCUT2D eigenvalue weighted by Crippen LogP contribution is 1.98. The summed E-state index contributed by atoms with van der Waals surface area (Å²) in [7, 11) is 1.67. The van der Waals surface area contributed by atoms with Crippen LogP contribution in [0, 0.1) is 0 Å². The number of furan rings is 1. The highest BCUT2D eigenvalue weighted by atomic mass is 35.5. The maximum absolute atomic E-state index is 11.6. The van der Waals surface area contributed by atoms with E-state index in [4.69, 9.17) is 4.42 Å². The second-order valence-electron chi connectivity index (χ2n) is 3.62. The van der Waals surface area contributed by atoms with E-state index in [-0.39, 0.29) is 30.8 Å². The summed E-state index contributed by atoms with van der Waals surface area (Å²) >= 11 is 0. The standard InChI is InChI=1S/C11H17N3O3.ClH/c1-8(14-10(15)7-12-2)11(16)13-6-9-4-3-5-17-9;/h3-5,8,12H,6-7H2,1-2H3,(H,13,16)(H,14,15);1H. The van der Waals surface area contributed by atoms with E-state index in [2.05, 4.69) is 16.0 Å². The number of carbonyl (C=O) groups is 2. The van der Waals surface area contributed by atoms with Crippen molar-refractivity contribution in [3.05, 3.63) is 24.2 Å². The number of amides is 2. The van der Waals surface area contributed by atoms with Crippen molar-refractivity contribution in [3.8, 4) is 0 Å². The van der Waals surface area contributed by atoms with Gasteiger partial charge in [-0.25, -0.2) is 0 Å². The molecule has 1 atom stereocenters. The third-order valence-electron chi connectivity index (χ3n) is 2.13. The van der Waals surface area contributed by atoms with Crippen molar-refractivity contribution in [1.82, 2.24) is 16.0 Å². The molecule has 0 aliphatic rings. The Hall–Kier alpha value is -1.53. The van der Waals surface area contributed by atoms with Gasteiger partial charge in [-0.05, 0) is 26.1 Å². The Bertz CT molecular complexity index is 368. The number of likely N-dealkylation sites (N-methyl/N-ethyl adjacent to an activating group) is 1. The topological polar surface area (TPSA) is 83.4 Å². The SMILES string of the molecule is CNCC(=O)NC(C)C(=O)NCc1ccco1.Cl. The van der Waals surface area contributed by atoms with Gasteiger partial charge < -0.3 is 20.4 Å². The van der Waals surface area contributed by atoms with Crippen LogP contribution in [-0.2, 0) is 16.1 Å². The average molecular weight is 276 g/mol. The smallest absolute Gasteiger partial charge is 0.242 e. The molecule has 1 rings (SSSR count). The molecule has 1 heterocycles. The second-order valence-corrected chi connectivity index (χ2v) is 3.62. The fraction of sp³-hybridized carbons (Fsp3) is 0.455. The lowest BCUT2D eigenvalue weighted by atomic mass is 10.3. The minimum atomic E-state index is -0.564. The van der Waals surface area contributed by atoms with Crippen LogP contribution in [-0.4, -0.2) is 31.4 Å². The second kappa shape index (κ2) is 8.54. The van der Waals surface area contributed by atoms with Gasteiger partial charge in [0.25, 0.3) is 0 Å². The maximum Gasteiger partial charge on any atom is 0.242 e. The van der Waals surface area contributed by atoms with Gasteiger partial charge in [0.05, 0.1) is 19.4 Å². The summed E-state index contributed by atoms with van der Waals surface area (Å²) in [5, 5.41) is 7.94. The lowest BCUT2D eigenvalue weighted by Gasteiger charge is -2.13. The van der Waals surface area contributed by atoms with Gasteiger partial charge in [0.2, 0.25) is 11.8 Å². The van der Waals surface area contributed by atoms with Gasteiger partial charge in [-0.2, -0.15) is 0 Å². The van der Waals surface area contributed by atoms with E-state index < -0.39 is 6.04 Å². The molecule has 0 aliphatic heterocycles. The molecule has 7 heteroatoms. The minimum absolute atomic E-state index is 0. The molecule has 3 N–H and O–H groups in total. The van der Waals surface area contributed by atoms with Gasteiger partial charge in [-0.1, -0.05) is 0 Å². The number of rotatable bonds is 6. The first-order valence-corrected chi connectivity index (χ1v) is 5.37. The molecule has 102 valence electrons. The van der Waals surface area contributed by atoms with Gasteiger partial charge >= 0.3 is 0 Å². The normalized spacial score (nSPS) is 11.2. The van der Waals surface area contributed by atoms with Crippen LogP contribution in [0.5, 0.6) is 0 Å². The van der Waals surface area contributed by atoms with Crippen LogP contribution in [0.25, 0.3) is 0 Å². The molecule has 6 nitrogen and oxygen atoms in total. The Balaban J connectivity index is 0.00000289. The summed E-state index contributed by atoms with van der Waals surface area (Å²) in [5.74, 6) is 0.214. The molecule has 1 aromatic rings. The Morgan fingerprint density at radius 1 is 1.44 bits per heavy atom. The monoisotopic (exact) mass is 275 g/mol. The van der Waals surface area contributed by atoms with E-state index >= 15 is 0 Å². The summed E-state index contributed by atoms with van der Waals surface area (Å²) in [5.41, 5.74) is 0. The predicted octanol–water partition coefficient (Wildman–Crippen LogP) is 0.0417. The van der Waals surface area contributed by atoms with E-state index in [0.29, 0.717) is 12.3 Å². The van der Waals surface area contributed by atoms with Crippen molar-refractivity contribution in [1.29, 1.82) is 0 Å². The summed E-state index contributed by atoms with van der Waals surface area (Å²) in [6.45, 7) is 2.14. The number of halogens is 1. The van der Waals surface area contributed by atoms with Gasteiger partial charge in [0, 0.05) is 0 Å². The molecular formula is C11H18ClN3O3. The first-order valence-electron chi connectivity index (χ1n) is 5.37. The predicted molar refractivity (Wildman–Crippen MR) is 69.3 cm³/mol. The zero-order valence-corrected chi connectivity index (χ0v) is 11.2. The Morgan fingerprint density at radius 2 is 2.17 bits per heavy atom. The fourth-order valence-electron chi connectivity index (χ4n) is 1.26. The van der Waals surface area contributed by atoms with Crippen LogP contribution >= 0.6 is 12.4 Å². The van der Waals surface area contributed by atoms with E-state index in [1.165, 1.54) is 0 Å². The third-order valence-corrected chi connectivity index (χ3v) is 2.13. The van der Waals surface area contributed by atoms with Crippen LogP contribution in [0.3, 0.4) is 0 Å². The van der Waals surface area contributed by atoms with E-state index in [1.807, 2.05) is 0 Å². The average Bonchev–Trinajstić information content (AvgIpc) is 2.78. The lowest BCUT2D eigenvalue weighted by Crippen LogP contribution is -2.46. The first kappa shape index (κ1) is 16.5. The molecule has 2 amide bonds. The maximum atomic E-state index is 11.6. The molecule has 0 radical (unpaired) electrons. The summed E-state index contributed by atoms with van der Waals surface area (Å²) in [4.78, 5) is 22.8. The molecule has 0 bridgehead atoms. The van der Waals surface area contributed by atoms with Crippen molar-refractivity contribution in [2.45, 2.75) is 19.5 Å². The molecule has 0 aromatic carbocycles. The molecule has 0 aliphatic carbocycles. The zero-order valence-electron chi connectivity index (χ0n) is 10.4. The lowest BCUT2D eigenvalue weighted by molar-refractivity contribution is -0.128. The van der Waals surface area contributed by atoms with Gasteiger partial charge in [0.1, 0.15) is 11.8 Å². The quantitative estimate of drug-likeness (QED) is 0.685. The summed E-state index contributed by atoms with van der Waals surface area (Å²) < 4.78 is 5.07. The fourth-order valence-corrected chi connectivity index (χ4v) is 1.26. The van der Waals surface area contributed by atoms with Gasteiger partial charge in [0.15, 0.2) is 0 Å². The molecule has 0 fully saturated rings. The molecule has 18 heavy (non-hydrogen) atoms. The van der Waals surface area contributed by atoms with Gasteiger partial charge in [-0.15, -0.1) is 12.4 Å². The third kappa shape index (κ3) is 5.70. The first-order chi connectivity index (χ1) is 8.13. The van der Waals surface area contributed by atoms with Crippen molar-refractivity contribution < 1.29 is 14.0 Å². The Kier molecular flexibility index (Phi) is 7.82. The number of hydrogen-bond acceptors (Lipinski definition) is 4. The van der Waals surface area contributed by atoms with E-state index in [1.54, 1.807) is 32.4 Å². The largest absolute Gasteiger partial charge is 0.467 e. The molecule has 0 saturated carbocycles. The summed E-state index contributed by atoms with van der Waals surface area (Å²) in [6, 6.07) is 2.95. The van der Waals surface area contributed by atoms with Gasteiger partial charge in [-0.3, -0.25) is 9.59 Å². The van der Waals surface area contributed by atoms with E-state index in [9.17, 15) is 9.59 Å². The van der Waals surface area contributed by atoms with Crippen molar-refractivity contribution >= 4 is 24.2 Å². The van der Waals surface area contributed by atoms with Crippen LogP contribution in [0.1, 0.15) is 12.7 Å². The van der Waals surface area contributed by atoms with Crippen LogP contribution in [0.15, 0.2) is 22.8 Å². The highest BCUT2D eigenvalue weighted by molar-refractivity contribution is 5.87. The Morgan fingerprint density at radius 3 is 2.72 bits per heavy atom. The molecule has 0 saturated heterocycles. The molecule has 1 aromatic heterocycles. The minimum Gasteiger partial charge on any atom is -0.467 e. The number of hydrogen-bond donors (Lipinski definition) is 3. The van der Waals surface area contributed by atoms with Crippen LogP contribution in [0.2, 0.25) is 0 Å².